The van der Waals surface area contributed by atoms with Gasteiger partial charge in [0.2, 0.25) is 11.8 Å². The number of nitrogens with zero attached hydrogens (tertiary/aromatic N) is 2. The molecule has 160 valence electrons. The Balaban J connectivity index is 1.44. The van der Waals surface area contributed by atoms with Gasteiger partial charge in [0, 0.05) is 46.4 Å². The van der Waals surface area contributed by atoms with E-state index in [1.807, 2.05) is 17.0 Å². The lowest BCUT2D eigenvalue weighted by Gasteiger charge is -2.37. The Bertz CT molecular complexity index is 887. The van der Waals surface area contributed by atoms with E-state index >= 15 is 0 Å². The van der Waals surface area contributed by atoms with E-state index < -0.39 is 6.04 Å². The van der Waals surface area contributed by atoms with Gasteiger partial charge in [-0.3, -0.25) is 14.5 Å². The van der Waals surface area contributed by atoms with Crippen molar-refractivity contribution in [3.05, 3.63) is 48.0 Å². The molecule has 0 radical (unpaired) electrons. The van der Waals surface area contributed by atoms with Crippen molar-refractivity contribution in [1.82, 2.24) is 15.1 Å². The minimum absolute atomic E-state index is 0.0379. The number of likely N-dealkylation sites (tertiary alicyclic amines) is 1. The minimum Gasteiger partial charge on any atom is -0.384 e. The van der Waals surface area contributed by atoms with Crippen LogP contribution in [0.4, 0.5) is 0 Å². The van der Waals surface area contributed by atoms with Crippen LogP contribution in [0.15, 0.2) is 42.5 Å². The largest absolute Gasteiger partial charge is 0.384 e. The first-order chi connectivity index (χ1) is 14.7. The van der Waals surface area contributed by atoms with Crippen LogP contribution in [0.1, 0.15) is 24.8 Å². The van der Waals surface area contributed by atoms with Gasteiger partial charge in [-0.2, -0.15) is 0 Å². The van der Waals surface area contributed by atoms with Gasteiger partial charge < -0.3 is 15.0 Å². The molecule has 0 aliphatic carbocycles. The van der Waals surface area contributed by atoms with Crippen molar-refractivity contribution in [2.75, 3.05) is 39.9 Å². The smallest absolute Gasteiger partial charge is 0.237 e. The van der Waals surface area contributed by atoms with Crippen molar-refractivity contribution in [1.29, 1.82) is 0 Å². The first-order valence-corrected chi connectivity index (χ1v) is 10.9. The maximum absolute atomic E-state index is 13.0. The predicted molar refractivity (Wildman–Crippen MR) is 117 cm³/mol. The summed E-state index contributed by atoms with van der Waals surface area (Å²) in [6, 6.07) is 14.2. The molecule has 2 saturated heterocycles. The van der Waals surface area contributed by atoms with Crippen LogP contribution < -0.4 is 5.32 Å². The van der Waals surface area contributed by atoms with Crippen molar-refractivity contribution < 1.29 is 14.3 Å². The van der Waals surface area contributed by atoms with E-state index in [9.17, 15) is 9.59 Å². The van der Waals surface area contributed by atoms with Gasteiger partial charge in [-0.05, 0) is 35.1 Å². The molecule has 0 spiro atoms. The molecule has 0 aromatic heterocycles. The number of rotatable bonds is 6. The standard InChI is InChI=1S/C24H31N3O3/c1-30-17-18-9-12-26(13-10-18)23(28)15-22-24(29)25-11-14-27(22)16-20-7-4-6-19-5-2-3-8-21(19)20/h2-8,18,22H,9-17H2,1H3,(H,25,29)/t22-/m1/s1. The van der Waals surface area contributed by atoms with Crippen LogP contribution in [0, 0.1) is 5.92 Å². The van der Waals surface area contributed by atoms with E-state index in [0.29, 0.717) is 19.0 Å². The minimum atomic E-state index is -0.415. The number of fused-ring (bicyclic) bond motifs is 1. The van der Waals surface area contributed by atoms with Crippen molar-refractivity contribution >= 4 is 22.6 Å². The van der Waals surface area contributed by atoms with E-state index in [2.05, 4.69) is 40.5 Å². The van der Waals surface area contributed by atoms with Crippen LogP contribution in [0.25, 0.3) is 10.8 Å². The molecule has 2 heterocycles. The van der Waals surface area contributed by atoms with Gasteiger partial charge >= 0.3 is 0 Å². The summed E-state index contributed by atoms with van der Waals surface area (Å²) in [6.07, 6.45) is 2.18. The van der Waals surface area contributed by atoms with Crippen LogP contribution in [0.2, 0.25) is 0 Å². The lowest BCUT2D eigenvalue weighted by Crippen LogP contribution is -2.56. The molecule has 6 heteroatoms. The van der Waals surface area contributed by atoms with Crippen LogP contribution >= 0.6 is 0 Å². The maximum atomic E-state index is 13.0. The van der Waals surface area contributed by atoms with Gasteiger partial charge in [-0.1, -0.05) is 42.5 Å². The second-order valence-electron chi connectivity index (χ2n) is 8.40. The SMILES string of the molecule is COCC1CCN(C(=O)C[C@@H]2C(=O)NCCN2Cc2cccc3ccccc23)CC1. The monoisotopic (exact) mass is 409 g/mol. The number of carbonyl (C=O) groups excluding carboxylic acids is 2. The second-order valence-corrected chi connectivity index (χ2v) is 8.40. The summed E-state index contributed by atoms with van der Waals surface area (Å²) in [5.41, 5.74) is 1.20. The Hall–Kier alpha value is -2.44. The zero-order chi connectivity index (χ0) is 20.9. The molecule has 1 atom stereocenters. The number of piperidine rings is 1. The molecule has 2 aromatic rings. The van der Waals surface area contributed by atoms with E-state index in [0.717, 1.165) is 39.1 Å². The van der Waals surface area contributed by atoms with Crippen LogP contribution in [-0.4, -0.2) is 67.6 Å². The van der Waals surface area contributed by atoms with Crippen molar-refractivity contribution in [2.24, 2.45) is 5.92 Å². The summed E-state index contributed by atoms with van der Waals surface area (Å²) in [7, 11) is 1.73. The first-order valence-electron chi connectivity index (χ1n) is 10.9. The van der Waals surface area contributed by atoms with Crippen LogP contribution in [0.3, 0.4) is 0 Å². The molecule has 2 fully saturated rings. The maximum Gasteiger partial charge on any atom is 0.237 e. The number of ether oxygens (including phenoxy) is 1. The molecule has 0 bridgehead atoms. The van der Waals surface area contributed by atoms with Gasteiger partial charge in [-0.15, -0.1) is 0 Å². The third kappa shape index (κ3) is 4.65. The fourth-order valence-electron chi connectivity index (χ4n) is 4.70. The molecule has 30 heavy (non-hydrogen) atoms. The number of hydrogen-bond acceptors (Lipinski definition) is 4. The molecule has 0 unspecified atom stereocenters. The summed E-state index contributed by atoms with van der Waals surface area (Å²) in [5, 5.41) is 5.35. The fraction of sp³-hybridized carbons (Fsp3) is 0.500. The van der Waals surface area contributed by atoms with Gasteiger partial charge in [-0.25, -0.2) is 0 Å². The van der Waals surface area contributed by atoms with Gasteiger partial charge in [0.15, 0.2) is 0 Å². The van der Waals surface area contributed by atoms with E-state index in [1.165, 1.54) is 16.3 Å². The van der Waals surface area contributed by atoms with Crippen molar-refractivity contribution in [3.63, 3.8) is 0 Å². The molecule has 2 aliphatic heterocycles. The number of amides is 2. The molecule has 2 aromatic carbocycles. The summed E-state index contributed by atoms with van der Waals surface area (Å²) in [4.78, 5) is 29.7. The van der Waals surface area contributed by atoms with Gasteiger partial charge in [0.1, 0.15) is 0 Å². The number of piperazine rings is 1. The molecule has 1 N–H and O–H groups in total. The highest BCUT2D eigenvalue weighted by Gasteiger charge is 2.34. The average molecular weight is 410 g/mol. The average Bonchev–Trinajstić information content (AvgIpc) is 2.77. The Labute approximate surface area is 178 Å². The van der Waals surface area contributed by atoms with Crippen molar-refractivity contribution in [3.8, 4) is 0 Å². The zero-order valence-corrected chi connectivity index (χ0v) is 17.7. The Morgan fingerprint density at radius 2 is 1.87 bits per heavy atom. The van der Waals surface area contributed by atoms with Crippen LogP contribution in [0.5, 0.6) is 0 Å². The molecular formula is C24H31N3O3. The number of benzene rings is 2. The molecule has 2 aliphatic rings. The fourth-order valence-corrected chi connectivity index (χ4v) is 4.70. The predicted octanol–water partition coefficient (Wildman–Crippen LogP) is 2.42. The molecule has 0 saturated carbocycles. The third-order valence-corrected chi connectivity index (χ3v) is 6.43. The van der Waals surface area contributed by atoms with Crippen LogP contribution in [-0.2, 0) is 20.9 Å². The number of nitrogens with one attached hydrogen (secondary N) is 1. The first kappa shape index (κ1) is 20.8. The number of methoxy groups -OCH3 is 1. The Morgan fingerprint density at radius 1 is 1.10 bits per heavy atom. The molecule has 2 amide bonds. The molecule has 4 rings (SSSR count). The van der Waals surface area contributed by atoms with Gasteiger partial charge in [0.25, 0.3) is 0 Å². The second kappa shape index (κ2) is 9.58. The molecular weight excluding hydrogens is 378 g/mol. The highest BCUT2D eigenvalue weighted by Crippen LogP contribution is 2.23. The summed E-state index contributed by atoms with van der Waals surface area (Å²) >= 11 is 0. The highest BCUT2D eigenvalue weighted by atomic mass is 16.5. The number of hydrogen-bond donors (Lipinski definition) is 1. The lowest BCUT2D eigenvalue weighted by molar-refractivity contribution is -0.140. The Kier molecular flexibility index (Phi) is 6.65. The van der Waals surface area contributed by atoms with Gasteiger partial charge in [0.05, 0.1) is 12.5 Å². The summed E-state index contributed by atoms with van der Waals surface area (Å²) in [6.45, 7) is 4.31. The highest BCUT2D eigenvalue weighted by molar-refractivity contribution is 5.89. The summed E-state index contributed by atoms with van der Waals surface area (Å²) in [5.74, 6) is 0.569. The zero-order valence-electron chi connectivity index (χ0n) is 17.7. The molecule has 6 nitrogen and oxygen atoms in total. The quantitative estimate of drug-likeness (QED) is 0.796. The van der Waals surface area contributed by atoms with E-state index in [4.69, 9.17) is 4.74 Å². The lowest BCUT2D eigenvalue weighted by atomic mass is 9.97. The van der Waals surface area contributed by atoms with E-state index in [-0.39, 0.29) is 18.2 Å². The van der Waals surface area contributed by atoms with E-state index in [1.54, 1.807) is 7.11 Å². The number of carbonyl (C=O) groups is 2. The summed E-state index contributed by atoms with van der Waals surface area (Å²) < 4.78 is 5.25. The normalized spacial score (nSPS) is 21.0. The topological polar surface area (TPSA) is 61.9 Å². The van der Waals surface area contributed by atoms with Crippen molar-refractivity contribution in [2.45, 2.75) is 31.8 Å². The Morgan fingerprint density at radius 3 is 2.67 bits per heavy atom. The third-order valence-electron chi connectivity index (χ3n) is 6.43.